The van der Waals surface area contributed by atoms with Crippen LogP contribution in [-0.2, 0) is 79.5 Å². The summed E-state index contributed by atoms with van der Waals surface area (Å²) in [4.78, 5) is 39.5. The largest absolute Gasteiger partial charge is 4.00 e. The second kappa shape index (κ2) is 58.1. The van der Waals surface area contributed by atoms with Crippen LogP contribution in [0.3, 0.4) is 0 Å². The summed E-state index contributed by atoms with van der Waals surface area (Å²) >= 11 is 0. The van der Waals surface area contributed by atoms with Crippen LogP contribution >= 0.6 is 0 Å². The average molecular weight is 1220 g/mol. The Bertz CT molecular complexity index is 1260. The first-order valence-electron chi connectivity index (χ1n) is 25.6. The summed E-state index contributed by atoms with van der Waals surface area (Å²) in [5.41, 5.74) is -2.74. The van der Waals surface area contributed by atoms with Crippen molar-refractivity contribution in [3.8, 4) is 0 Å². The van der Waals surface area contributed by atoms with Crippen LogP contribution in [0.4, 0.5) is 0 Å². The number of carbonyl (C=O) groups excluding carboxylic acids is 3. The van der Waals surface area contributed by atoms with E-state index in [9.17, 15) is 75.7 Å². The van der Waals surface area contributed by atoms with Crippen LogP contribution in [0.15, 0.2) is 35.5 Å². The van der Waals surface area contributed by atoms with Gasteiger partial charge in [0.15, 0.2) is 17.3 Å². The minimum absolute atomic E-state index is 0. The molecule has 0 aliphatic rings. The monoisotopic (exact) mass is 1220 g/mol. The van der Waals surface area contributed by atoms with Crippen molar-refractivity contribution < 1.29 is 141 Å². The van der Waals surface area contributed by atoms with E-state index in [-0.39, 0.29) is 139 Å². The van der Waals surface area contributed by atoms with Crippen molar-refractivity contribution in [1.82, 2.24) is 14.7 Å². The molecule has 21 heteroatoms. The molecule has 0 amide bonds. The number of carbonyl (C=O) groups is 3. The van der Waals surface area contributed by atoms with Gasteiger partial charge >= 0.3 is 65.2 Å². The maximum atomic E-state index is 11.4. The molecule has 0 aliphatic heterocycles. The fraction of sp³-hybridized carbons (Fsp3) is 0.842. The minimum Gasteiger partial charge on any atom is -0.875 e. The van der Waals surface area contributed by atoms with Crippen LogP contribution in [-0.4, -0.2) is 150 Å². The van der Waals surface area contributed by atoms with E-state index in [1.54, 1.807) is 77.4 Å². The molecular formula is C57H111N3O15Ti3. The van der Waals surface area contributed by atoms with Crippen molar-refractivity contribution in [2.75, 3.05) is 100 Å². The summed E-state index contributed by atoms with van der Waals surface area (Å²) in [6.45, 7) is 44.4. The van der Waals surface area contributed by atoms with E-state index in [0.29, 0.717) is 39.3 Å². The zero-order valence-corrected chi connectivity index (χ0v) is 58.6. The number of likely N-dealkylation sites (N-methyl/N-ethyl adjacent to an activating group) is 3. The first kappa shape index (κ1) is 106. The van der Waals surface area contributed by atoms with Gasteiger partial charge in [0.2, 0.25) is 0 Å². The second-order valence-corrected chi connectivity index (χ2v) is 24.4. The van der Waals surface area contributed by atoms with E-state index >= 15 is 0 Å². The van der Waals surface area contributed by atoms with Crippen LogP contribution in [0, 0.1) is 32.5 Å². The van der Waals surface area contributed by atoms with Gasteiger partial charge < -0.3 is 76.0 Å². The average Bonchev–Trinajstić information content (AvgIpc) is 3.17. The smallest absolute Gasteiger partial charge is 0.875 e. The summed E-state index contributed by atoms with van der Waals surface area (Å²) < 4.78 is 0. The molecule has 0 aromatic rings. The van der Waals surface area contributed by atoms with Gasteiger partial charge in [-0.25, -0.2) is 0 Å². The topological polar surface area (TPSA) is 338 Å². The normalized spacial score (nSPS) is 11.8. The van der Waals surface area contributed by atoms with Crippen molar-refractivity contribution in [3.63, 3.8) is 0 Å². The van der Waals surface area contributed by atoms with E-state index in [2.05, 4.69) is 0 Å². The number of nitrogens with zero attached hydrogens (tertiary/aromatic N) is 3. The molecule has 0 bridgehead atoms. The molecule has 0 spiro atoms. The molecule has 18 nitrogen and oxygen atoms in total. The molecular weight excluding hydrogens is 1110 g/mol. The number of ketones is 3. The van der Waals surface area contributed by atoms with Gasteiger partial charge in [-0.05, 0) is 94.9 Å². The Morgan fingerprint density at radius 3 is 0.487 bits per heavy atom. The standard InChI is InChI=1S/3C11H20O2.3C5H11NO2.3C3H7O.3Ti/c3*1-10(2,3)8(12)7-9(13)11(4,5)6;3*1-6(2-4-7)3-5-8;3*1-3(2)4;;;/h3*7,12H,1-6H3;3*2-5H2,1H3;3*3H,1-2H3;;;/q;;;3*-2;3*-1;3*+4/p-3/b3*8-7-;;;;;;;;;. The summed E-state index contributed by atoms with van der Waals surface area (Å²) in [5.74, 6) is -0.625. The molecule has 78 heavy (non-hydrogen) atoms. The van der Waals surface area contributed by atoms with E-state index in [0.717, 1.165) is 0 Å². The molecule has 0 saturated heterocycles. The van der Waals surface area contributed by atoms with Crippen LogP contribution in [0.5, 0.6) is 0 Å². The van der Waals surface area contributed by atoms with Gasteiger partial charge in [-0.15, -0.1) is 75.2 Å². The van der Waals surface area contributed by atoms with Crippen molar-refractivity contribution >= 4 is 17.3 Å². The van der Waals surface area contributed by atoms with Crippen LogP contribution in [0.1, 0.15) is 166 Å². The minimum atomic E-state index is -0.457. The van der Waals surface area contributed by atoms with Gasteiger partial charge in [0.25, 0.3) is 0 Å². The zero-order chi connectivity index (χ0) is 62.5. The molecule has 0 radical (unpaired) electrons. The predicted molar refractivity (Wildman–Crippen MR) is 283 cm³/mol. The third-order valence-corrected chi connectivity index (χ3v) is 8.06. The predicted octanol–water partition coefficient (Wildman–Crippen LogP) is -2.15. The number of allylic oxidation sites excluding steroid dienone is 6. The van der Waals surface area contributed by atoms with Gasteiger partial charge in [-0.1, -0.05) is 166 Å². The Labute approximate surface area is 521 Å². The molecule has 0 aromatic carbocycles. The fourth-order valence-electron chi connectivity index (χ4n) is 2.93. The maximum Gasteiger partial charge on any atom is 4.00 e. The van der Waals surface area contributed by atoms with Crippen molar-refractivity contribution in [2.24, 2.45) is 32.5 Å². The van der Waals surface area contributed by atoms with Gasteiger partial charge in [0.1, 0.15) is 0 Å². The first-order valence-corrected chi connectivity index (χ1v) is 25.6. The third kappa shape index (κ3) is 97.5. The van der Waals surface area contributed by atoms with Crippen molar-refractivity contribution in [1.29, 1.82) is 0 Å². The Morgan fingerprint density at radius 1 is 0.321 bits per heavy atom. The number of hydrogen-bond donors (Lipinski definition) is 0. The van der Waals surface area contributed by atoms with E-state index < -0.39 is 50.8 Å². The molecule has 0 aliphatic carbocycles. The SMILES string of the molecule is CC(C)(C)C(=O)/C=C(\[O-])C(C)(C)C.CC(C)(C)C(=O)/C=C(\[O-])C(C)(C)C.CC(C)(C)C(=O)/C=C(\[O-])C(C)(C)C.CC(C)[O-].CC(C)[O-].CC(C)[O-].CN(CC[O-])CC[O-].CN(CC[O-])CC[O-].CN(CC[O-])CC[O-].[Ti+4].[Ti+4].[Ti+4]. The summed E-state index contributed by atoms with van der Waals surface area (Å²) in [5, 5.41) is 122. The Balaban J connectivity index is -0.0000000644. The molecule has 0 atom stereocenters. The van der Waals surface area contributed by atoms with Crippen LogP contribution < -0.4 is 61.3 Å². The number of rotatable bonds is 15. The van der Waals surface area contributed by atoms with Gasteiger partial charge in [-0.2, -0.15) is 0 Å². The molecule has 0 heterocycles. The van der Waals surface area contributed by atoms with Gasteiger partial charge in [0.05, 0.1) is 0 Å². The third-order valence-electron chi connectivity index (χ3n) is 8.06. The van der Waals surface area contributed by atoms with Crippen molar-refractivity contribution in [2.45, 2.75) is 184 Å². The summed E-state index contributed by atoms with van der Waals surface area (Å²) in [6, 6.07) is 0. The van der Waals surface area contributed by atoms with Crippen LogP contribution in [0.25, 0.3) is 0 Å². The summed E-state index contributed by atoms with van der Waals surface area (Å²) in [7, 11) is 5.32. The Kier molecular flexibility index (Phi) is 78.6. The van der Waals surface area contributed by atoms with E-state index in [4.69, 9.17) is 0 Å². The fourth-order valence-corrected chi connectivity index (χ4v) is 2.93. The van der Waals surface area contributed by atoms with E-state index in [1.807, 2.05) is 125 Å². The van der Waals surface area contributed by atoms with Crippen LogP contribution in [0.2, 0.25) is 0 Å². The van der Waals surface area contributed by atoms with Crippen molar-refractivity contribution in [3.05, 3.63) is 35.5 Å². The Hall–Kier alpha value is -0.707. The molecule has 0 rings (SSSR count). The molecule has 0 aromatic heterocycles. The zero-order valence-electron chi connectivity index (χ0n) is 53.9. The molecule has 0 N–H and O–H groups in total. The van der Waals surface area contributed by atoms with E-state index in [1.165, 1.54) is 18.2 Å². The molecule has 456 valence electrons. The maximum absolute atomic E-state index is 11.4. The Morgan fingerprint density at radius 2 is 0.423 bits per heavy atom. The summed E-state index contributed by atoms with van der Waals surface area (Å²) in [6.07, 6.45) is 2.42. The van der Waals surface area contributed by atoms with Gasteiger partial charge in [-0.3, -0.25) is 14.4 Å². The quantitative estimate of drug-likeness (QED) is 0.0958. The first-order chi connectivity index (χ1) is 33.3. The molecule has 0 unspecified atom stereocenters. The number of hydrogen-bond acceptors (Lipinski definition) is 18. The van der Waals surface area contributed by atoms with Gasteiger partial charge in [0, 0.05) is 16.2 Å². The molecule has 0 fully saturated rings. The molecule has 0 saturated carbocycles. The second-order valence-electron chi connectivity index (χ2n) is 24.4.